The third-order valence-corrected chi connectivity index (χ3v) is 3.29. The second kappa shape index (κ2) is 4.49. The van der Waals surface area contributed by atoms with Crippen LogP contribution in [-0.2, 0) is 0 Å². The van der Waals surface area contributed by atoms with Gasteiger partial charge in [-0.05, 0) is 26.2 Å². The number of aromatic nitrogens is 1. The lowest BCUT2D eigenvalue weighted by Gasteiger charge is -2.26. The number of carbonyl (C=O) groups excluding carboxylic acids is 1. The molecule has 1 aromatic heterocycles. The molecule has 0 radical (unpaired) electrons. The van der Waals surface area contributed by atoms with Gasteiger partial charge in [0.05, 0.1) is 12.1 Å². The van der Waals surface area contributed by atoms with Gasteiger partial charge in [-0.15, -0.1) is 0 Å². The molecule has 94 valence electrons. The number of amides is 1. The number of aliphatic hydroxyl groups excluding tert-OH is 1. The van der Waals surface area contributed by atoms with Crippen molar-refractivity contribution in [1.82, 2.24) is 10.5 Å². The third-order valence-electron chi connectivity index (χ3n) is 3.29. The first-order valence-electron chi connectivity index (χ1n) is 5.98. The van der Waals surface area contributed by atoms with Gasteiger partial charge in [0.25, 0.3) is 5.91 Å². The van der Waals surface area contributed by atoms with Crippen molar-refractivity contribution >= 4 is 5.91 Å². The molecule has 0 aliphatic heterocycles. The molecule has 2 rings (SSSR count). The van der Waals surface area contributed by atoms with Crippen molar-refractivity contribution in [3.05, 3.63) is 17.5 Å². The summed E-state index contributed by atoms with van der Waals surface area (Å²) in [5, 5.41) is 15.8. The third kappa shape index (κ3) is 2.66. The number of hydrogen-bond donors (Lipinski definition) is 2. The molecule has 1 fully saturated rings. The predicted molar refractivity (Wildman–Crippen MR) is 61.7 cm³/mol. The fourth-order valence-corrected chi connectivity index (χ4v) is 1.53. The van der Waals surface area contributed by atoms with E-state index in [4.69, 9.17) is 4.52 Å². The molecule has 5 nitrogen and oxygen atoms in total. The van der Waals surface area contributed by atoms with Crippen molar-refractivity contribution in [2.45, 2.75) is 44.6 Å². The Labute approximate surface area is 100 Å². The Morgan fingerprint density at radius 3 is 2.94 bits per heavy atom. The molecule has 0 saturated heterocycles. The van der Waals surface area contributed by atoms with Gasteiger partial charge in [0.15, 0.2) is 5.69 Å². The molecule has 1 atom stereocenters. The Morgan fingerprint density at radius 1 is 1.71 bits per heavy atom. The van der Waals surface area contributed by atoms with Crippen LogP contribution in [0.1, 0.15) is 55.3 Å². The summed E-state index contributed by atoms with van der Waals surface area (Å²) in [6, 6.07) is 1.69. The second-order valence-electron chi connectivity index (χ2n) is 4.92. The zero-order valence-corrected chi connectivity index (χ0v) is 10.2. The number of carbonyl (C=O) groups is 1. The smallest absolute Gasteiger partial charge is 0.273 e. The molecule has 1 saturated carbocycles. The van der Waals surface area contributed by atoms with E-state index in [1.54, 1.807) is 13.0 Å². The molecular formula is C12H18N2O3. The zero-order chi connectivity index (χ0) is 12.5. The molecule has 1 heterocycles. The number of rotatable bonds is 5. The maximum Gasteiger partial charge on any atom is 0.273 e. The van der Waals surface area contributed by atoms with Crippen LogP contribution in [0.2, 0.25) is 0 Å². The summed E-state index contributed by atoms with van der Waals surface area (Å²) >= 11 is 0. The van der Waals surface area contributed by atoms with Gasteiger partial charge in [0, 0.05) is 12.0 Å². The van der Waals surface area contributed by atoms with Crippen LogP contribution in [0.15, 0.2) is 10.6 Å². The molecule has 1 unspecified atom stereocenters. The van der Waals surface area contributed by atoms with Crippen LogP contribution < -0.4 is 5.32 Å². The van der Waals surface area contributed by atoms with Crippen molar-refractivity contribution in [1.29, 1.82) is 0 Å². The number of aliphatic hydroxyl groups is 1. The fraction of sp³-hybridized carbons (Fsp3) is 0.667. The number of hydrogen-bond acceptors (Lipinski definition) is 4. The minimum atomic E-state index is -0.601. The molecule has 2 N–H and O–H groups in total. The van der Waals surface area contributed by atoms with Gasteiger partial charge in [-0.2, -0.15) is 0 Å². The summed E-state index contributed by atoms with van der Waals surface area (Å²) in [5.41, 5.74) is -0.310. The maximum atomic E-state index is 11.9. The minimum Gasteiger partial charge on any atom is -0.394 e. The second-order valence-corrected chi connectivity index (χ2v) is 4.92. The van der Waals surface area contributed by atoms with Gasteiger partial charge in [0.2, 0.25) is 0 Å². The largest absolute Gasteiger partial charge is 0.394 e. The van der Waals surface area contributed by atoms with Crippen molar-refractivity contribution in [3.63, 3.8) is 0 Å². The highest BCUT2D eigenvalue weighted by Gasteiger charge is 2.30. The molecule has 1 aliphatic carbocycles. The predicted octanol–water partition coefficient (Wildman–Crippen LogP) is 1.44. The zero-order valence-electron chi connectivity index (χ0n) is 10.2. The summed E-state index contributed by atoms with van der Waals surface area (Å²) in [4.78, 5) is 11.9. The highest BCUT2D eigenvalue weighted by atomic mass is 16.5. The first-order chi connectivity index (χ1) is 8.08. The molecule has 1 aromatic rings. The average molecular weight is 238 g/mol. The fourth-order valence-electron chi connectivity index (χ4n) is 1.53. The van der Waals surface area contributed by atoms with Crippen LogP contribution in [0.4, 0.5) is 0 Å². The average Bonchev–Trinajstić information content (AvgIpc) is 3.06. The monoisotopic (exact) mass is 238 g/mol. The van der Waals surface area contributed by atoms with E-state index in [0.717, 1.165) is 18.6 Å². The van der Waals surface area contributed by atoms with Crippen LogP contribution >= 0.6 is 0 Å². The molecule has 1 amide bonds. The Bertz CT molecular complexity index is 406. The van der Waals surface area contributed by atoms with Gasteiger partial charge in [0.1, 0.15) is 5.76 Å². The Morgan fingerprint density at radius 2 is 2.41 bits per heavy atom. The standard InChI is InChI=1S/C12H18N2O3/c1-3-12(2,7-15)13-11(16)9-6-10(17-14-9)8-4-5-8/h6,8,15H,3-5,7H2,1-2H3,(H,13,16). The lowest BCUT2D eigenvalue weighted by Crippen LogP contribution is -2.48. The van der Waals surface area contributed by atoms with Gasteiger partial charge in [-0.25, -0.2) is 0 Å². The summed E-state index contributed by atoms with van der Waals surface area (Å²) in [7, 11) is 0. The van der Waals surface area contributed by atoms with Gasteiger partial charge in [-0.3, -0.25) is 4.79 Å². The summed E-state index contributed by atoms with van der Waals surface area (Å²) < 4.78 is 5.12. The quantitative estimate of drug-likeness (QED) is 0.814. The van der Waals surface area contributed by atoms with Crippen molar-refractivity contribution in [3.8, 4) is 0 Å². The lowest BCUT2D eigenvalue weighted by molar-refractivity contribution is 0.0838. The number of nitrogens with one attached hydrogen (secondary N) is 1. The van der Waals surface area contributed by atoms with Crippen LogP contribution in [0.5, 0.6) is 0 Å². The number of nitrogens with zero attached hydrogens (tertiary/aromatic N) is 1. The van der Waals surface area contributed by atoms with Crippen LogP contribution in [0.3, 0.4) is 0 Å². The first kappa shape index (κ1) is 12.1. The van der Waals surface area contributed by atoms with E-state index in [9.17, 15) is 9.90 Å². The first-order valence-corrected chi connectivity index (χ1v) is 5.98. The normalized spacial score (nSPS) is 18.8. The molecule has 17 heavy (non-hydrogen) atoms. The van der Waals surface area contributed by atoms with E-state index in [1.807, 2.05) is 6.92 Å². The molecule has 1 aliphatic rings. The van der Waals surface area contributed by atoms with Crippen LogP contribution in [-0.4, -0.2) is 28.3 Å². The highest BCUT2D eigenvalue weighted by Crippen LogP contribution is 2.40. The van der Waals surface area contributed by atoms with E-state index in [1.165, 1.54) is 0 Å². The van der Waals surface area contributed by atoms with E-state index in [-0.39, 0.29) is 12.5 Å². The minimum absolute atomic E-state index is 0.0947. The molecular weight excluding hydrogens is 220 g/mol. The van der Waals surface area contributed by atoms with E-state index >= 15 is 0 Å². The van der Waals surface area contributed by atoms with Gasteiger partial charge >= 0.3 is 0 Å². The van der Waals surface area contributed by atoms with E-state index in [2.05, 4.69) is 10.5 Å². The van der Waals surface area contributed by atoms with Gasteiger partial charge in [-0.1, -0.05) is 12.1 Å². The molecule has 0 spiro atoms. The topological polar surface area (TPSA) is 75.4 Å². The maximum absolute atomic E-state index is 11.9. The summed E-state index contributed by atoms with van der Waals surface area (Å²) in [5.74, 6) is 0.941. The van der Waals surface area contributed by atoms with E-state index < -0.39 is 5.54 Å². The SMILES string of the molecule is CCC(C)(CO)NC(=O)c1cc(C2CC2)on1. The molecule has 0 aromatic carbocycles. The summed E-state index contributed by atoms with van der Waals surface area (Å²) in [6.07, 6.45) is 2.88. The lowest BCUT2D eigenvalue weighted by atomic mass is 10.00. The van der Waals surface area contributed by atoms with Crippen LogP contribution in [0, 0.1) is 0 Å². The van der Waals surface area contributed by atoms with E-state index in [0.29, 0.717) is 18.0 Å². The van der Waals surface area contributed by atoms with Crippen LogP contribution in [0.25, 0.3) is 0 Å². The van der Waals surface area contributed by atoms with Crippen molar-refractivity contribution in [2.75, 3.05) is 6.61 Å². The molecule has 0 bridgehead atoms. The Hall–Kier alpha value is -1.36. The Kier molecular flexibility index (Phi) is 3.19. The van der Waals surface area contributed by atoms with Gasteiger partial charge < -0.3 is 14.9 Å². The van der Waals surface area contributed by atoms with Crippen molar-refractivity contribution < 1.29 is 14.4 Å². The van der Waals surface area contributed by atoms with Crippen molar-refractivity contribution in [2.24, 2.45) is 0 Å². The highest BCUT2D eigenvalue weighted by molar-refractivity contribution is 5.92. The summed E-state index contributed by atoms with van der Waals surface area (Å²) in [6.45, 7) is 3.62. The Balaban J connectivity index is 2.03. The molecule has 5 heteroatoms.